The zero-order valence-electron chi connectivity index (χ0n) is 24.5. The largest absolute Gasteiger partial charge is 0.487 e. The third-order valence-electron chi connectivity index (χ3n) is 8.35. The Hall–Kier alpha value is -3.38. The Labute approximate surface area is 247 Å². The summed E-state index contributed by atoms with van der Waals surface area (Å²) in [6.07, 6.45) is 3.37. The number of halogens is 1. The molecule has 1 N–H and O–H groups in total. The molecule has 2 aliphatic carbocycles. The van der Waals surface area contributed by atoms with Crippen LogP contribution < -0.4 is 4.74 Å². The van der Waals surface area contributed by atoms with Crippen LogP contribution >= 0.6 is 11.6 Å². The molecule has 0 bridgehead atoms. The van der Waals surface area contributed by atoms with Gasteiger partial charge in [0, 0.05) is 47.8 Å². The molecule has 216 valence electrons. The third kappa shape index (κ3) is 5.72. The van der Waals surface area contributed by atoms with Crippen LogP contribution in [0, 0.1) is 10.8 Å². The summed E-state index contributed by atoms with van der Waals surface area (Å²) in [5.41, 5.74) is 5.14. The van der Waals surface area contributed by atoms with Gasteiger partial charge in [-0.1, -0.05) is 64.4 Å². The van der Waals surface area contributed by atoms with Gasteiger partial charge in [-0.25, -0.2) is 4.79 Å². The lowest BCUT2D eigenvalue weighted by Crippen LogP contribution is -2.44. The maximum atomic E-state index is 13.9. The fraction of sp³-hybridized carbons (Fsp3) is 0.441. The molecule has 0 atom stereocenters. The molecule has 7 heteroatoms. The first kappa shape index (κ1) is 29.1. The van der Waals surface area contributed by atoms with E-state index >= 15 is 0 Å². The van der Waals surface area contributed by atoms with Gasteiger partial charge in [0.05, 0.1) is 10.6 Å². The molecule has 1 aliphatic heterocycles. The van der Waals surface area contributed by atoms with E-state index in [-0.39, 0.29) is 34.6 Å². The summed E-state index contributed by atoms with van der Waals surface area (Å²) < 4.78 is 5.98. The maximum absolute atomic E-state index is 13.9. The smallest absolute Gasteiger partial charge is 0.335 e. The highest BCUT2D eigenvalue weighted by Gasteiger charge is 2.48. The summed E-state index contributed by atoms with van der Waals surface area (Å²) >= 11 is 6.76. The molecule has 1 heterocycles. The van der Waals surface area contributed by atoms with Crippen molar-refractivity contribution in [3.8, 4) is 5.75 Å². The van der Waals surface area contributed by atoms with Gasteiger partial charge in [0.2, 0.25) is 0 Å². The zero-order valence-corrected chi connectivity index (χ0v) is 25.2. The Kier molecular flexibility index (Phi) is 7.66. The molecule has 0 radical (unpaired) electrons. The third-order valence-corrected chi connectivity index (χ3v) is 8.65. The van der Waals surface area contributed by atoms with Crippen molar-refractivity contribution in [1.82, 2.24) is 4.90 Å². The second-order valence-electron chi connectivity index (χ2n) is 13.2. The molecule has 5 rings (SSSR count). The minimum absolute atomic E-state index is 0.104. The molecule has 2 aromatic carbocycles. The molecular formula is C34H38ClNO5. The van der Waals surface area contributed by atoms with E-state index in [1.807, 2.05) is 12.1 Å². The van der Waals surface area contributed by atoms with Crippen molar-refractivity contribution in [1.29, 1.82) is 0 Å². The Balaban J connectivity index is 1.54. The standard InChI is InChI=1S/C34H38ClNO5/c1-6-13-36-24-15-33(2,3)17-26(37)30(24)29(31-25(36)16-34(4,5)18-27(31)38)22-11-12-28(23(35)14-22)41-19-20-7-9-21(10-8-20)32(39)40/h7-12,14,29H,6,13,15-19H2,1-5H3,(H,39,40). The first-order chi connectivity index (χ1) is 19.3. The summed E-state index contributed by atoms with van der Waals surface area (Å²) in [5, 5.41) is 9.52. The average molecular weight is 576 g/mol. The summed E-state index contributed by atoms with van der Waals surface area (Å²) in [6, 6.07) is 12.1. The Bertz CT molecular complexity index is 1430. The van der Waals surface area contributed by atoms with Gasteiger partial charge in [-0.05, 0) is 65.5 Å². The fourth-order valence-electron chi connectivity index (χ4n) is 6.59. The van der Waals surface area contributed by atoms with Crippen molar-refractivity contribution in [2.24, 2.45) is 10.8 Å². The molecule has 41 heavy (non-hydrogen) atoms. The van der Waals surface area contributed by atoms with E-state index in [0.29, 0.717) is 23.6 Å². The van der Waals surface area contributed by atoms with Crippen LogP contribution in [-0.4, -0.2) is 34.1 Å². The van der Waals surface area contributed by atoms with E-state index in [1.54, 1.807) is 18.2 Å². The monoisotopic (exact) mass is 575 g/mol. The number of carboxylic acid groups (broad SMARTS) is 1. The lowest BCUT2D eigenvalue weighted by molar-refractivity contribution is -0.119. The minimum atomic E-state index is -0.979. The van der Waals surface area contributed by atoms with Gasteiger partial charge in [-0.3, -0.25) is 9.59 Å². The number of nitrogens with zero attached hydrogens (tertiary/aromatic N) is 1. The van der Waals surface area contributed by atoms with Gasteiger partial charge in [0.25, 0.3) is 0 Å². The molecule has 0 unspecified atom stereocenters. The van der Waals surface area contributed by atoms with Crippen LogP contribution in [0.2, 0.25) is 5.02 Å². The van der Waals surface area contributed by atoms with E-state index in [1.165, 1.54) is 12.1 Å². The highest BCUT2D eigenvalue weighted by Crippen LogP contribution is 2.54. The summed E-state index contributed by atoms with van der Waals surface area (Å²) in [4.78, 5) is 41.1. The highest BCUT2D eigenvalue weighted by atomic mass is 35.5. The van der Waals surface area contributed by atoms with E-state index in [4.69, 9.17) is 21.4 Å². The van der Waals surface area contributed by atoms with Crippen LogP contribution in [0.5, 0.6) is 5.75 Å². The molecule has 0 spiro atoms. The molecule has 3 aliphatic rings. The van der Waals surface area contributed by atoms with Gasteiger partial charge in [-0.2, -0.15) is 0 Å². The van der Waals surface area contributed by atoms with Gasteiger partial charge >= 0.3 is 5.97 Å². The highest BCUT2D eigenvalue weighted by molar-refractivity contribution is 6.32. The van der Waals surface area contributed by atoms with Gasteiger partial charge < -0.3 is 14.7 Å². The van der Waals surface area contributed by atoms with E-state index in [2.05, 4.69) is 39.5 Å². The number of benzene rings is 2. The molecule has 0 saturated heterocycles. The SMILES string of the molecule is CCCN1C2=C(C(=O)CC(C)(C)C2)C(c2ccc(OCc3ccc(C(=O)O)cc3)c(Cl)c2)C2=C1CC(C)(C)CC2=O. The number of carbonyl (C=O) groups excluding carboxylic acids is 2. The molecule has 0 amide bonds. The lowest BCUT2D eigenvalue weighted by Gasteiger charge is -2.49. The van der Waals surface area contributed by atoms with Gasteiger partial charge in [0.15, 0.2) is 11.6 Å². The zero-order chi connectivity index (χ0) is 29.7. The van der Waals surface area contributed by atoms with Crippen LogP contribution in [0.15, 0.2) is 65.0 Å². The second-order valence-corrected chi connectivity index (χ2v) is 13.6. The van der Waals surface area contributed by atoms with Crippen LogP contribution in [0.3, 0.4) is 0 Å². The fourth-order valence-corrected chi connectivity index (χ4v) is 6.84. The second kappa shape index (κ2) is 10.8. The predicted molar refractivity (Wildman–Crippen MR) is 159 cm³/mol. The Morgan fingerprint density at radius 2 is 1.49 bits per heavy atom. The molecule has 0 fully saturated rings. The van der Waals surface area contributed by atoms with Crippen molar-refractivity contribution >= 4 is 29.1 Å². The summed E-state index contributed by atoms with van der Waals surface area (Å²) in [5.74, 6) is -0.735. The average Bonchev–Trinajstić information content (AvgIpc) is 2.87. The number of hydrogen-bond acceptors (Lipinski definition) is 5. The number of carboxylic acids is 1. The molecule has 0 saturated carbocycles. The number of carbonyl (C=O) groups is 3. The number of Topliss-reactive ketones (excluding diaryl/α,β-unsaturated/α-hetero) is 2. The van der Waals surface area contributed by atoms with Crippen molar-refractivity contribution in [3.63, 3.8) is 0 Å². The normalized spacial score (nSPS) is 20.2. The topological polar surface area (TPSA) is 83.9 Å². The number of allylic oxidation sites excluding steroid dienone is 4. The van der Waals surface area contributed by atoms with Crippen LogP contribution in [0.1, 0.15) is 94.1 Å². The van der Waals surface area contributed by atoms with Gasteiger partial charge in [-0.15, -0.1) is 0 Å². The van der Waals surface area contributed by atoms with Crippen molar-refractivity contribution in [3.05, 3.63) is 86.7 Å². The lowest BCUT2D eigenvalue weighted by atomic mass is 9.63. The van der Waals surface area contributed by atoms with Crippen LogP contribution in [0.25, 0.3) is 0 Å². The number of rotatable bonds is 7. The van der Waals surface area contributed by atoms with Crippen molar-refractivity contribution in [2.75, 3.05) is 6.54 Å². The van der Waals surface area contributed by atoms with Crippen LogP contribution in [-0.2, 0) is 16.2 Å². The summed E-state index contributed by atoms with van der Waals surface area (Å²) in [7, 11) is 0. The van der Waals surface area contributed by atoms with E-state index in [0.717, 1.165) is 59.5 Å². The first-order valence-electron chi connectivity index (χ1n) is 14.3. The van der Waals surface area contributed by atoms with Crippen molar-refractivity contribution < 1.29 is 24.2 Å². The van der Waals surface area contributed by atoms with Crippen LogP contribution in [0.4, 0.5) is 0 Å². The number of ether oxygens (including phenoxy) is 1. The van der Waals surface area contributed by atoms with Crippen molar-refractivity contribution in [2.45, 2.75) is 79.2 Å². The summed E-state index contributed by atoms with van der Waals surface area (Å²) in [6.45, 7) is 11.7. The predicted octanol–water partition coefficient (Wildman–Crippen LogP) is 7.71. The van der Waals surface area contributed by atoms with E-state index < -0.39 is 11.9 Å². The number of hydrogen-bond donors (Lipinski definition) is 1. The number of ketones is 2. The quantitative estimate of drug-likeness (QED) is 0.364. The Morgan fingerprint density at radius 3 is 1.98 bits per heavy atom. The maximum Gasteiger partial charge on any atom is 0.335 e. The molecular weight excluding hydrogens is 538 g/mol. The van der Waals surface area contributed by atoms with E-state index in [9.17, 15) is 14.4 Å². The Morgan fingerprint density at radius 1 is 0.927 bits per heavy atom. The first-order valence-corrected chi connectivity index (χ1v) is 14.7. The molecule has 6 nitrogen and oxygen atoms in total. The minimum Gasteiger partial charge on any atom is -0.487 e. The molecule has 0 aromatic heterocycles. The number of aromatic carboxylic acids is 1. The van der Waals surface area contributed by atoms with Gasteiger partial charge in [0.1, 0.15) is 12.4 Å². The molecule has 2 aromatic rings.